The summed E-state index contributed by atoms with van der Waals surface area (Å²) in [4.78, 5) is 1.50. The second-order valence-corrected chi connectivity index (χ2v) is 6.98. The first kappa shape index (κ1) is 18.2. The van der Waals surface area contributed by atoms with Crippen LogP contribution in [0.1, 0.15) is 45.1 Å². The summed E-state index contributed by atoms with van der Waals surface area (Å²) in [5.41, 5.74) is 4.30. The van der Waals surface area contributed by atoms with E-state index in [4.69, 9.17) is 0 Å². The smallest absolute Gasteiger partial charge is 0.145 e. The first-order valence-electron chi connectivity index (χ1n) is 9.51. The quantitative estimate of drug-likeness (QED) is 0.594. The zero-order chi connectivity index (χ0) is 18.5. The lowest BCUT2D eigenvalue weighted by molar-refractivity contribution is 0.466. The van der Waals surface area contributed by atoms with E-state index in [2.05, 4.69) is 29.4 Å². The highest BCUT2D eigenvalue weighted by Gasteiger charge is 2.11. The first-order valence-corrected chi connectivity index (χ1v) is 9.51. The van der Waals surface area contributed by atoms with E-state index < -0.39 is 0 Å². The molecule has 1 heterocycles. The average molecular weight is 352 g/mol. The summed E-state index contributed by atoms with van der Waals surface area (Å²) in [7, 11) is 0. The summed E-state index contributed by atoms with van der Waals surface area (Å²) in [6, 6.07) is 11.5. The molecule has 5 nitrogen and oxygen atoms in total. The number of nitrogens with one attached hydrogen (secondary N) is 1. The fourth-order valence-corrected chi connectivity index (χ4v) is 3.14. The van der Waals surface area contributed by atoms with Gasteiger partial charge in [0.05, 0.1) is 0 Å². The van der Waals surface area contributed by atoms with Crippen molar-refractivity contribution in [2.24, 2.45) is 5.92 Å². The van der Waals surface area contributed by atoms with Crippen LogP contribution in [-0.2, 0) is 0 Å². The van der Waals surface area contributed by atoms with E-state index in [1.807, 2.05) is 37.3 Å². The predicted molar refractivity (Wildman–Crippen MR) is 107 cm³/mol. The summed E-state index contributed by atoms with van der Waals surface area (Å²) < 4.78 is 0. The van der Waals surface area contributed by atoms with E-state index in [0.717, 1.165) is 28.8 Å². The Kier molecular flexibility index (Phi) is 5.76. The van der Waals surface area contributed by atoms with Crippen LogP contribution in [0.15, 0.2) is 36.4 Å². The number of unbranched alkanes of at least 4 members (excludes halogenated alkanes) is 1. The molecular weight excluding hydrogens is 324 g/mol. The van der Waals surface area contributed by atoms with Crippen molar-refractivity contribution in [1.82, 2.24) is 15.0 Å². The molecule has 0 saturated heterocycles. The third kappa shape index (κ3) is 4.15. The van der Waals surface area contributed by atoms with Crippen LogP contribution in [0.3, 0.4) is 0 Å². The number of rotatable bonds is 8. The number of phenols is 1. The van der Waals surface area contributed by atoms with Crippen molar-refractivity contribution >= 4 is 16.7 Å². The van der Waals surface area contributed by atoms with E-state index in [-0.39, 0.29) is 5.75 Å². The molecule has 0 spiro atoms. The lowest BCUT2D eigenvalue weighted by atomic mass is 9.99. The minimum atomic E-state index is 0.175. The predicted octanol–water partition coefficient (Wildman–Crippen LogP) is 5.06. The molecule has 0 bridgehead atoms. The molecule has 3 aromatic rings. The largest absolute Gasteiger partial charge is 0.506 e. The van der Waals surface area contributed by atoms with Crippen LogP contribution in [0, 0.1) is 12.8 Å². The first-order chi connectivity index (χ1) is 12.6. The number of benzene rings is 2. The molecule has 0 aliphatic rings. The molecule has 0 radical (unpaired) electrons. The van der Waals surface area contributed by atoms with Crippen molar-refractivity contribution in [3.8, 4) is 11.4 Å². The van der Waals surface area contributed by atoms with Gasteiger partial charge in [0.2, 0.25) is 0 Å². The molecule has 2 aromatic carbocycles. The van der Waals surface area contributed by atoms with E-state index >= 15 is 0 Å². The normalized spacial score (nSPS) is 12.4. The maximum absolute atomic E-state index is 10.4. The van der Waals surface area contributed by atoms with Gasteiger partial charge in [-0.1, -0.05) is 39.2 Å². The molecule has 2 N–H and O–H groups in total. The van der Waals surface area contributed by atoms with E-state index in [1.54, 1.807) is 6.07 Å². The maximum atomic E-state index is 10.4. The fraction of sp³-hybridized carbons (Fsp3) is 0.429. The Balaban J connectivity index is 1.74. The van der Waals surface area contributed by atoms with Gasteiger partial charge in [-0.15, -0.1) is 15.0 Å². The second-order valence-electron chi connectivity index (χ2n) is 6.98. The highest BCUT2D eigenvalue weighted by Crippen LogP contribution is 2.26. The van der Waals surface area contributed by atoms with Crippen LogP contribution < -0.4 is 5.32 Å². The van der Waals surface area contributed by atoms with E-state index in [9.17, 15) is 5.11 Å². The van der Waals surface area contributed by atoms with Crippen LogP contribution >= 0.6 is 0 Å². The zero-order valence-electron chi connectivity index (χ0n) is 15.9. The molecular formula is C21H28N4O. The Labute approximate surface area is 155 Å². The van der Waals surface area contributed by atoms with Gasteiger partial charge in [0.15, 0.2) is 0 Å². The molecule has 3 rings (SSSR count). The Morgan fingerprint density at radius 3 is 2.62 bits per heavy atom. The van der Waals surface area contributed by atoms with Crippen molar-refractivity contribution < 1.29 is 5.11 Å². The lowest BCUT2D eigenvalue weighted by Crippen LogP contribution is -2.13. The van der Waals surface area contributed by atoms with E-state index in [0.29, 0.717) is 11.6 Å². The van der Waals surface area contributed by atoms with Gasteiger partial charge in [0.1, 0.15) is 22.5 Å². The van der Waals surface area contributed by atoms with Crippen LogP contribution in [0.5, 0.6) is 5.75 Å². The minimum Gasteiger partial charge on any atom is -0.506 e. The number of nitrogens with zero attached hydrogens (tertiary/aromatic N) is 3. The van der Waals surface area contributed by atoms with Gasteiger partial charge in [0.25, 0.3) is 0 Å². The summed E-state index contributed by atoms with van der Waals surface area (Å²) in [6.45, 7) is 7.42. The fourth-order valence-electron chi connectivity index (χ4n) is 3.14. The third-order valence-electron chi connectivity index (χ3n) is 4.86. The third-order valence-corrected chi connectivity index (χ3v) is 4.86. The molecule has 1 aromatic heterocycles. The molecule has 0 aliphatic carbocycles. The number of hydrogen-bond donors (Lipinski definition) is 2. The number of hydrogen-bond acceptors (Lipinski definition) is 4. The summed E-state index contributed by atoms with van der Waals surface area (Å²) in [5, 5.41) is 22.8. The Morgan fingerprint density at radius 1 is 1.08 bits per heavy atom. The molecule has 0 fully saturated rings. The summed E-state index contributed by atoms with van der Waals surface area (Å²) in [6.07, 6.45) is 4.91. The van der Waals surface area contributed by atoms with Gasteiger partial charge in [-0.25, -0.2) is 0 Å². The van der Waals surface area contributed by atoms with Crippen LogP contribution in [-0.4, -0.2) is 26.6 Å². The van der Waals surface area contributed by atoms with Gasteiger partial charge < -0.3 is 10.4 Å². The van der Waals surface area contributed by atoms with Gasteiger partial charge in [0, 0.05) is 18.3 Å². The topological polar surface area (TPSA) is 63.0 Å². The summed E-state index contributed by atoms with van der Waals surface area (Å²) in [5.74, 6) is 0.840. The number of phenolic OH excluding ortho intramolecular Hbond substituents is 1. The van der Waals surface area contributed by atoms with Gasteiger partial charge in [-0.3, -0.25) is 0 Å². The summed E-state index contributed by atoms with van der Waals surface area (Å²) >= 11 is 0. The van der Waals surface area contributed by atoms with Crippen LogP contribution in [0.25, 0.3) is 16.7 Å². The van der Waals surface area contributed by atoms with Crippen molar-refractivity contribution in [1.29, 1.82) is 0 Å². The van der Waals surface area contributed by atoms with Crippen molar-refractivity contribution in [3.63, 3.8) is 0 Å². The van der Waals surface area contributed by atoms with Gasteiger partial charge in [-0.2, -0.15) is 0 Å². The lowest BCUT2D eigenvalue weighted by Gasteiger charge is -2.16. The molecule has 1 unspecified atom stereocenters. The number of aromatic nitrogens is 3. The van der Waals surface area contributed by atoms with Gasteiger partial charge >= 0.3 is 0 Å². The number of anilines is 1. The van der Waals surface area contributed by atoms with Gasteiger partial charge in [-0.05, 0) is 49.1 Å². The highest BCUT2D eigenvalue weighted by atomic mass is 16.3. The molecule has 0 amide bonds. The number of aryl methyl sites for hydroxylation is 1. The maximum Gasteiger partial charge on any atom is 0.145 e. The standard InChI is InChI=1S/C21H28N4O/c1-4-6-7-16(5-2)14-22-17-9-11-20(21(26)13-17)25-23-18-10-8-15(3)12-19(18)24-25/h8-13,16,22,26H,4-7,14H2,1-3H3. The van der Waals surface area contributed by atoms with Crippen LogP contribution in [0.4, 0.5) is 5.69 Å². The number of aromatic hydroxyl groups is 1. The van der Waals surface area contributed by atoms with E-state index in [1.165, 1.54) is 30.5 Å². The second kappa shape index (κ2) is 8.21. The SMILES string of the molecule is CCCCC(CC)CNc1ccc(-n2nc3ccc(C)cc3n2)c(O)c1. The minimum absolute atomic E-state index is 0.175. The van der Waals surface area contributed by atoms with Crippen molar-refractivity contribution in [2.45, 2.75) is 46.5 Å². The zero-order valence-corrected chi connectivity index (χ0v) is 15.9. The Bertz CT molecular complexity index is 872. The Hall–Kier alpha value is -2.56. The number of fused-ring (bicyclic) bond motifs is 1. The van der Waals surface area contributed by atoms with Crippen LogP contribution in [0.2, 0.25) is 0 Å². The average Bonchev–Trinajstić information content (AvgIpc) is 3.04. The molecule has 1 atom stereocenters. The molecule has 5 heteroatoms. The van der Waals surface area contributed by atoms with Crippen molar-refractivity contribution in [2.75, 3.05) is 11.9 Å². The highest BCUT2D eigenvalue weighted by molar-refractivity contribution is 5.75. The molecule has 0 aliphatic heterocycles. The monoisotopic (exact) mass is 352 g/mol. The van der Waals surface area contributed by atoms with Crippen molar-refractivity contribution in [3.05, 3.63) is 42.0 Å². The Morgan fingerprint density at radius 2 is 1.88 bits per heavy atom. The molecule has 138 valence electrons. The molecule has 0 saturated carbocycles. The molecule has 26 heavy (non-hydrogen) atoms.